The van der Waals surface area contributed by atoms with Gasteiger partial charge >= 0.3 is 0 Å². The van der Waals surface area contributed by atoms with Crippen molar-refractivity contribution in [2.45, 2.75) is 63.3 Å². The van der Waals surface area contributed by atoms with E-state index >= 15 is 0 Å². The summed E-state index contributed by atoms with van der Waals surface area (Å²) in [5.74, 6) is 3.89. The number of fused-ring (bicyclic) bond motifs is 4. The first-order chi connectivity index (χ1) is 11.8. The highest BCUT2D eigenvalue weighted by Crippen LogP contribution is 2.46. The molecule has 5 nitrogen and oxygen atoms in total. The van der Waals surface area contributed by atoms with Gasteiger partial charge in [0.1, 0.15) is 5.82 Å². The predicted octanol–water partition coefficient (Wildman–Crippen LogP) is 2.47. The van der Waals surface area contributed by atoms with Gasteiger partial charge < -0.3 is 16.0 Å². The Morgan fingerprint density at radius 2 is 1.83 bits per heavy atom. The molecule has 2 saturated heterocycles. The van der Waals surface area contributed by atoms with E-state index in [9.17, 15) is 0 Å². The maximum Gasteiger partial charge on any atom is 0.222 e. The van der Waals surface area contributed by atoms with Crippen molar-refractivity contribution in [3.8, 4) is 0 Å². The third kappa shape index (κ3) is 2.40. The first-order valence-corrected chi connectivity index (χ1v) is 9.94. The van der Waals surface area contributed by atoms with Crippen LogP contribution in [0.4, 0.5) is 11.8 Å². The lowest BCUT2D eigenvalue weighted by Gasteiger charge is -2.37. The van der Waals surface area contributed by atoms with Gasteiger partial charge in [-0.25, -0.2) is 4.98 Å². The van der Waals surface area contributed by atoms with E-state index in [1.54, 1.807) is 0 Å². The molecule has 4 atom stereocenters. The van der Waals surface area contributed by atoms with Crippen molar-refractivity contribution < 1.29 is 0 Å². The molecule has 24 heavy (non-hydrogen) atoms. The van der Waals surface area contributed by atoms with Crippen LogP contribution in [0.1, 0.15) is 62.1 Å². The molecule has 0 amide bonds. The third-order valence-corrected chi connectivity index (χ3v) is 6.96. The number of aromatic nitrogens is 2. The zero-order chi connectivity index (χ0) is 16.1. The summed E-state index contributed by atoms with van der Waals surface area (Å²) in [7, 11) is 0. The molecule has 2 aliphatic carbocycles. The van der Waals surface area contributed by atoms with Crippen molar-refractivity contribution in [3.05, 3.63) is 11.3 Å². The number of hydrogen-bond donors (Lipinski definition) is 2. The van der Waals surface area contributed by atoms with E-state index in [-0.39, 0.29) is 0 Å². The first-order valence-electron chi connectivity index (χ1n) is 9.94. The Morgan fingerprint density at radius 3 is 2.75 bits per heavy atom. The summed E-state index contributed by atoms with van der Waals surface area (Å²) in [6, 6.07) is 0.636. The highest BCUT2D eigenvalue weighted by Gasteiger charge is 2.39. The Kier molecular flexibility index (Phi) is 3.65. The zero-order valence-electron chi connectivity index (χ0n) is 14.5. The summed E-state index contributed by atoms with van der Waals surface area (Å²) in [6.45, 7) is 3.39. The number of nitrogens with one attached hydrogen (secondary N) is 1. The molecule has 1 aromatic rings. The van der Waals surface area contributed by atoms with Crippen LogP contribution in [-0.2, 0) is 6.42 Å². The van der Waals surface area contributed by atoms with Crippen molar-refractivity contribution in [1.29, 1.82) is 0 Å². The zero-order valence-corrected chi connectivity index (χ0v) is 14.5. The highest BCUT2D eigenvalue weighted by molar-refractivity contribution is 5.55. The monoisotopic (exact) mass is 327 g/mol. The fourth-order valence-corrected chi connectivity index (χ4v) is 5.78. The van der Waals surface area contributed by atoms with Crippen LogP contribution in [0.3, 0.4) is 0 Å². The average molecular weight is 327 g/mol. The molecular weight excluding hydrogens is 298 g/mol. The molecule has 3 fully saturated rings. The molecule has 4 aliphatic rings. The van der Waals surface area contributed by atoms with Crippen molar-refractivity contribution in [2.75, 3.05) is 30.3 Å². The lowest BCUT2D eigenvalue weighted by Crippen LogP contribution is -2.40. The van der Waals surface area contributed by atoms with E-state index in [1.807, 2.05) is 0 Å². The Labute approximate surface area is 144 Å². The topological polar surface area (TPSA) is 67.1 Å². The minimum absolute atomic E-state index is 0.484. The molecule has 0 aromatic carbocycles. The second-order valence-corrected chi connectivity index (χ2v) is 8.33. The number of nitrogens with zero attached hydrogens (tertiary/aromatic N) is 3. The van der Waals surface area contributed by atoms with Crippen LogP contribution in [0.25, 0.3) is 0 Å². The van der Waals surface area contributed by atoms with Gasteiger partial charge in [0.05, 0.1) is 5.69 Å². The number of piperidine rings is 1. The second-order valence-electron chi connectivity index (χ2n) is 8.33. The van der Waals surface area contributed by atoms with Crippen LogP contribution in [0.15, 0.2) is 0 Å². The molecular formula is C19H29N5. The minimum Gasteiger partial charge on any atom is -0.368 e. The van der Waals surface area contributed by atoms with Gasteiger partial charge in [0.15, 0.2) is 0 Å². The van der Waals surface area contributed by atoms with Crippen molar-refractivity contribution in [2.24, 2.45) is 11.8 Å². The number of nitrogen functional groups attached to an aromatic ring is 1. The molecule has 130 valence electrons. The normalized spacial score (nSPS) is 35.2. The fraction of sp³-hybridized carbons (Fsp3) is 0.789. The maximum absolute atomic E-state index is 6.15. The fourth-order valence-electron chi connectivity index (χ4n) is 5.78. The smallest absolute Gasteiger partial charge is 0.222 e. The maximum atomic E-state index is 6.15. The Bertz CT molecular complexity index is 616. The molecule has 5 heteroatoms. The summed E-state index contributed by atoms with van der Waals surface area (Å²) < 4.78 is 0. The van der Waals surface area contributed by atoms with Crippen molar-refractivity contribution in [1.82, 2.24) is 15.3 Å². The quantitative estimate of drug-likeness (QED) is 0.829. The average Bonchev–Trinajstić information content (AvgIpc) is 3.05. The van der Waals surface area contributed by atoms with Crippen LogP contribution in [-0.4, -0.2) is 35.6 Å². The largest absolute Gasteiger partial charge is 0.368 e. The lowest BCUT2D eigenvalue weighted by atomic mass is 9.70. The van der Waals surface area contributed by atoms with Crippen molar-refractivity contribution in [3.63, 3.8) is 0 Å². The summed E-state index contributed by atoms with van der Waals surface area (Å²) in [5, 5.41) is 3.70. The van der Waals surface area contributed by atoms with E-state index in [1.165, 1.54) is 62.7 Å². The molecule has 0 bridgehead atoms. The third-order valence-electron chi connectivity index (χ3n) is 6.96. The Hall–Kier alpha value is -1.36. The van der Waals surface area contributed by atoms with Crippen LogP contribution < -0.4 is 16.0 Å². The van der Waals surface area contributed by atoms with Gasteiger partial charge in [0.25, 0.3) is 0 Å². The van der Waals surface area contributed by atoms with E-state index in [4.69, 9.17) is 15.7 Å². The van der Waals surface area contributed by atoms with Crippen LogP contribution in [0.5, 0.6) is 0 Å². The summed E-state index contributed by atoms with van der Waals surface area (Å²) in [4.78, 5) is 12.0. The Balaban J connectivity index is 1.50. The number of rotatable bonds is 1. The Morgan fingerprint density at radius 1 is 0.958 bits per heavy atom. The van der Waals surface area contributed by atoms with Gasteiger partial charge in [-0.1, -0.05) is 12.8 Å². The molecule has 1 saturated carbocycles. The number of hydrogen-bond acceptors (Lipinski definition) is 5. The highest BCUT2D eigenvalue weighted by atomic mass is 15.3. The molecule has 2 aliphatic heterocycles. The number of anilines is 2. The second kappa shape index (κ2) is 5.87. The summed E-state index contributed by atoms with van der Waals surface area (Å²) in [6.07, 6.45) is 10.5. The van der Waals surface area contributed by atoms with E-state index in [2.05, 4.69) is 10.2 Å². The van der Waals surface area contributed by atoms with Gasteiger partial charge in [-0.3, -0.25) is 0 Å². The molecule has 0 spiro atoms. The predicted molar refractivity (Wildman–Crippen MR) is 96.2 cm³/mol. The standard InChI is InChI=1S/C19H29N5/c20-19-22-17-14-6-2-1-4-12(14)7-8-15(17)18(23-19)24-10-13-5-3-9-21-16(13)11-24/h12-14,16,21H,1-11H2,(H2,20,22,23)/t12-,13+,14-,16-/m0/s1. The van der Waals surface area contributed by atoms with Crippen molar-refractivity contribution >= 4 is 11.8 Å². The van der Waals surface area contributed by atoms with Gasteiger partial charge in [-0.05, 0) is 56.9 Å². The molecule has 1 aromatic heterocycles. The molecule has 3 heterocycles. The van der Waals surface area contributed by atoms with Gasteiger partial charge in [-0.2, -0.15) is 4.98 Å². The minimum atomic E-state index is 0.484. The van der Waals surface area contributed by atoms with E-state index in [0.717, 1.165) is 37.2 Å². The number of nitrogens with two attached hydrogens (primary N) is 1. The lowest BCUT2D eigenvalue weighted by molar-refractivity contribution is 0.270. The van der Waals surface area contributed by atoms with E-state index < -0.39 is 0 Å². The molecule has 0 radical (unpaired) electrons. The summed E-state index contributed by atoms with van der Waals surface area (Å²) in [5.41, 5.74) is 8.88. The summed E-state index contributed by atoms with van der Waals surface area (Å²) >= 11 is 0. The van der Waals surface area contributed by atoms with Gasteiger partial charge in [0.2, 0.25) is 5.95 Å². The van der Waals surface area contributed by atoms with Gasteiger partial charge in [0, 0.05) is 30.6 Å². The van der Waals surface area contributed by atoms with Gasteiger partial charge in [-0.15, -0.1) is 0 Å². The molecule has 3 N–H and O–H groups in total. The van der Waals surface area contributed by atoms with Crippen LogP contribution in [0, 0.1) is 11.8 Å². The van der Waals surface area contributed by atoms with Crippen LogP contribution in [0.2, 0.25) is 0 Å². The van der Waals surface area contributed by atoms with Crippen LogP contribution >= 0.6 is 0 Å². The first kappa shape index (κ1) is 14.9. The molecule has 5 rings (SSSR count). The SMILES string of the molecule is Nc1nc2c(c(N3C[C@H]4CCCN[C@H]4C3)n1)CC[C@@H]1CCCC[C@H]21. The molecule has 0 unspecified atom stereocenters. The van der Waals surface area contributed by atoms with E-state index in [0.29, 0.717) is 17.9 Å².